The van der Waals surface area contributed by atoms with Crippen molar-refractivity contribution in [2.24, 2.45) is 0 Å². The maximum Gasteiger partial charge on any atom is 0.0516 e. The lowest BCUT2D eigenvalue weighted by Gasteiger charge is -2.12. The van der Waals surface area contributed by atoms with Gasteiger partial charge in [-0.3, -0.25) is 4.98 Å². The summed E-state index contributed by atoms with van der Waals surface area (Å²) in [5.74, 6) is 0.553. The van der Waals surface area contributed by atoms with E-state index in [9.17, 15) is 0 Å². The SMILES string of the molecule is CCC(C)n1cc(C(C)C)c2cnccc21. The average Bonchev–Trinajstić information content (AvgIpc) is 2.67. The van der Waals surface area contributed by atoms with Gasteiger partial charge < -0.3 is 4.57 Å². The monoisotopic (exact) mass is 216 g/mol. The number of hydrogen-bond donors (Lipinski definition) is 0. The molecular formula is C14H20N2. The van der Waals surface area contributed by atoms with Crippen LogP contribution in [0.4, 0.5) is 0 Å². The van der Waals surface area contributed by atoms with E-state index in [0.29, 0.717) is 12.0 Å². The first-order valence-electron chi connectivity index (χ1n) is 6.09. The van der Waals surface area contributed by atoms with Crippen molar-refractivity contribution in [3.05, 3.63) is 30.2 Å². The second-order valence-corrected chi connectivity index (χ2v) is 4.80. The van der Waals surface area contributed by atoms with Crippen LogP contribution in [0.15, 0.2) is 24.7 Å². The van der Waals surface area contributed by atoms with Gasteiger partial charge in [0.25, 0.3) is 0 Å². The Morgan fingerprint density at radius 1 is 1.31 bits per heavy atom. The number of aromatic nitrogens is 2. The molecule has 2 heterocycles. The van der Waals surface area contributed by atoms with Crippen molar-refractivity contribution < 1.29 is 0 Å². The van der Waals surface area contributed by atoms with Crippen LogP contribution in [0.3, 0.4) is 0 Å². The molecule has 0 bridgehead atoms. The van der Waals surface area contributed by atoms with E-state index in [1.54, 1.807) is 0 Å². The highest BCUT2D eigenvalue weighted by Crippen LogP contribution is 2.29. The molecular weight excluding hydrogens is 196 g/mol. The maximum absolute atomic E-state index is 4.24. The van der Waals surface area contributed by atoms with Gasteiger partial charge in [-0.1, -0.05) is 20.8 Å². The lowest BCUT2D eigenvalue weighted by Crippen LogP contribution is -2.01. The highest BCUT2D eigenvalue weighted by atomic mass is 15.0. The fraction of sp³-hybridized carbons (Fsp3) is 0.500. The predicted molar refractivity (Wildman–Crippen MR) is 68.8 cm³/mol. The second-order valence-electron chi connectivity index (χ2n) is 4.80. The summed E-state index contributed by atoms with van der Waals surface area (Å²) < 4.78 is 2.38. The van der Waals surface area contributed by atoms with E-state index < -0.39 is 0 Å². The Labute approximate surface area is 97.3 Å². The van der Waals surface area contributed by atoms with Crippen molar-refractivity contribution in [1.29, 1.82) is 0 Å². The molecule has 0 N–H and O–H groups in total. The van der Waals surface area contributed by atoms with Gasteiger partial charge >= 0.3 is 0 Å². The van der Waals surface area contributed by atoms with Gasteiger partial charge in [0, 0.05) is 30.0 Å². The first-order chi connectivity index (χ1) is 7.65. The Kier molecular flexibility index (Phi) is 2.99. The summed E-state index contributed by atoms with van der Waals surface area (Å²) >= 11 is 0. The molecule has 2 aromatic heterocycles. The average molecular weight is 216 g/mol. The van der Waals surface area contributed by atoms with Gasteiger partial charge in [-0.25, -0.2) is 0 Å². The number of hydrogen-bond acceptors (Lipinski definition) is 1. The molecule has 16 heavy (non-hydrogen) atoms. The smallest absolute Gasteiger partial charge is 0.0516 e. The molecule has 0 fully saturated rings. The highest BCUT2D eigenvalue weighted by Gasteiger charge is 2.13. The summed E-state index contributed by atoms with van der Waals surface area (Å²) in [6.45, 7) is 8.97. The van der Waals surface area contributed by atoms with Gasteiger partial charge in [0.05, 0.1) is 5.52 Å². The quantitative estimate of drug-likeness (QED) is 0.754. The molecule has 0 aromatic carbocycles. The van der Waals surface area contributed by atoms with Crippen molar-refractivity contribution in [2.75, 3.05) is 0 Å². The number of nitrogens with zero attached hydrogens (tertiary/aromatic N) is 2. The third kappa shape index (κ3) is 1.73. The maximum atomic E-state index is 4.24. The molecule has 2 heteroatoms. The lowest BCUT2D eigenvalue weighted by atomic mass is 10.0. The Hall–Kier alpha value is -1.31. The van der Waals surface area contributed by atoms with E-state index in [4.69, 9.17) is 0 Å². The van der Waals surface area contributed by atoms with Crippen molar-refractivity contribution in [2.45, 2.75) is 46.1 Å². The molecule has 2 nitrogen and oxygen atoms in total. The van der Waals surface area contributed by atoms with Crippen LogP contribution in [0.2, 0.25) is 0 Å². The minimum Gasteiger partial charge on any atom is -0.344 e. The summed E-state index contributed by atoms with van der Waals surface area (Å²) in [4.78, 5) is 4.24. The minimum absolute atomic E-state index is 0.553. The van der Waals surface area contributed by atoms with E-state index >= 15 is 0 Å². The van der Waals surface area contributed by atoms with Crippen LogP contribution < -0.4 is 0 Å². The van der Waals surface area contributed by atoms with Crippen LogP contribution in [0.5, 0.6) is 0 Å². The van der Waals surface area contributed by atoms with Gasteiger partial charge in [0.2, 0.25) is 0 Å². The molecule has 0 saturated carbocycles. The Morgan fingerprint density at radius 3 is 2.69 bits per heavy atom. The van der Waals surface area contributed by atoms with Crippen LogP contribution in [-0.2, 0) is 0 Å². The fourth-order valence-electron chi connectivity index (χ4n) is 2.15. The highest BCUT2D eigenvalue weighted by molar-refractivity contribution is 5.83. The molecule has 0 saturated heterocycles. The molecule has 0 radical (unpaired) electrons. The topological polar surface area (TPSA) is 17.8 Å². The van der Waals surface area contributed by atoms with E-state index in [1.807, 2.05) is 12.4 Å². The van der Waals surface area contributed by atoms with Gasteiger partial charge in [-0.05, 0) is 30.9 Å². The van der Waals surface area contributed by atoms with Crippen molar-refractivity contribution in [3.63, 3.8) is 0 Å². The zero-order valence-corrected chi connectivity index (χ0v) is 10.6. The van der Waals surface area contributed by atoms with Crippen LogP contribution in [0.25, 0.3) is 10.9 Å². The van der Waals surface area contributed by atoms with Gasteiger partial charge in [0.1, 0.15) is 0 Å². The number of fused-ring (bicyclic) bond motifs is 1. The minimum atomic E-state index is 0.553. The van der Waals surface area contributed by atoms with Crippen molar-refractivity contribution in [1.82, 2.24) is 9.55 Å². The third-order valence-electron chi connectivity index (χ3n) is 3.35. The Morgan fingerprint density at radius 2 is 2.06 bits per heavy atom. The molecule has 0 aliphatic heterocycles. The normalized spacial score (nSPS) is 13.6. The lowest BCUT2D eigenvalue weighted by molar-refractivity contribution is 0.546. The van der Waals surface area contributed by atoms with Crippen LogP contribution in [0.1, 0.15) is 51.6 Å². The molecule has 0 spiro atoms. The van der Waals surface area contributed by atoms with Gasteiger partial charge in [-0.15, -0.1) is 0 Å². The summed E-state index contributed by atoms with van der Waals surface area (Å²) in [5, 5.41) is 1.30. The zero-order valence-electron chi connectivity index (χ0n) is 10.6. The van der Waals surface area contributed by atoms with Crippen LogP contribution >= 0.6 is 0 Å². The predicted octanol–water partition coefficient (Wildman–Crippen LogP) is 4.13. The van der Waals surface area contributed by atoms with E-state index in [1.165, 1.54) is 16.5 Å². The Balaban J connectivity index is 2.66. The molecule has 2 rings (SSSR count). The largest absolute Gasteiger partial charge is 0.344 e. The zero-order chi connectivity index (χ0) is 11.7. The summed E-state index contributed by atoms with van der Waals surface area (Å²) in [7, 11) is 0. The van der Waals surface area contributed by atoms with E-state index in [2.05, 4.69) is 49.5 Å². The molecule has 0 aliphatic carbocycles. The van der Waals surface area contributed by atoms with Crippen LogP contribution in [0, 0.1) is 0 Å². The summed E-state index contributed by atoms with van der Waals surface area (Å²) in [5.41, 5.74) is 2.72. The number of pyridine rings is 1. The third-order valence-corrected chi connectivity index (χ3v) is 3.35. The van der Waals surface area contributed by atoms with Gasteiger partial charge in [-0.2, -0.15) is 0 Å². The fourth-order valence-corrected chi connectivity index (χ4v) is 2.15. The molecule has 1 atom stereocenters. The Bertz CT molecular complexity index is 482. The van der Waals surface area contributed by atoms with Crippen molar-refractivity contribution in [3.8, 4) is 0 Å². The summed E-state index contributed by atoms with van der Waals surface area (Å²) in [6, 6.07) is 2.67. The van der Waals surface area contributed by atoms with E-state index in [0.717, 1.165) is 6.42 Å². The van der Waals surface area contributed by atoms with E-state index in [-0.39, 0.29) is 0 Å². The second kappa shape index (κ2) is 4.28. The first kappa shape index (κ1) is 11.2. The molecule has 86 valence electrons. The van der Waals surface area contributed by atoms with Crippen molar-refractivity contribution >= 4 is 10.9 Å². The van der Waals surface area contributed by atoms with Crippen LogP contribution in [-0.4, -0.2) is 9.55 Å². The summed E-state index contributed by atoms with van der Waals surface area (Å²) in [6.07, 6.45) is 7.32. The first-order valence-corrected chi connectivity index (χ1v) is 6.09. The van der Waals surface area contributed by atoms with Gasteiger partial charge in [0.15, 0.2) is 0 Å². The molecule has 1 unspecified atom stereocenters. The molecule has 2 aromatic rings. The molecule has 0 aliphatic rings. The standard InChI is InChI=1S/C14H20N2/c1-5-11(4)16-9-13(10(2)3)12-8-15-7-6-14(12)16/h6-11H,5H2,1-4H3. The molecule has 0 amide bonds. The number of rotatable bonds is 3.